The van der Waals surface area contributed by atoms with Gasteiger partial charge in [0.05, 0.1) is 25.6 Å². The summed E-state index contributed by atoms with van der Waals surface area (Å²) in [5, 5.41) is 9.88. The molecule has 0 aromatic heterocycles. The Kier molecular flexibility index (Phi) is 3.01. The molecule has 1 heterocycles. The average molecular weight is 219 g/mol. The van der Waals surface area contributed by atoms with E-state index in [0.717, 1.165) is 5.56 Å². The van der Waals surface area contributed by atoms with Gasteiger partial charge in [-0.1, -0.05) is 30.3 Å². The van der Waals surface area contributed by atoms with Gasteiger partial charge in [-0.2, -0.15) is 0 Å². The molecule has 2 rings (SSSR count). The van der Waals surface area contributed by atoms with Crippen LogP contribution >= 0.6 is 0 Å². The van der Waals surface area contributed by atoms with E-state index in [1.807, 2.05) is 18.2 Å². The van der Waals surface area contributed by atoms with Crippen LogP contribution < -0.4 is 0 Å². The largest absolute Gasteiger partial charge is 0.387 e. The molecule has 0 radical (unpaired) electrons. The minimum Gasteiger partial charge on any atom is -0.387 e. The third kappa shape index (κ3) is 2.28. The summed E-state index contributed by atoms with van der Waals surface area (Å²) in [6, 6.07) is 9.12. The molecule has 0 aliphatic carbocycles. The number of Topliss-reactive ketones (excluding diaryl/α,β-unsaturated/α-hetero) is 1. The number of aliphatic hydroxyl groups is 1. The highest BCUT2D eigenvalue weighted by molar-refractivity contribution is 6.05. The predicted molar refractivity (Wildman–Crippen MR) is 57.6 cm³/mol. The second-order valence-corrected chi connectivity index (χ2v) is 3.92. The summed E-state index contributed by atoms with van der Waals surface area (Å²) in [4.78, 5) is 23.8. The van der Waals surface area contributed by atoms with Gasteiger partial charge in [-0.3, -0.25) is 9.59 Å². The Morgan fingerprint density at radius 3 is 2.50 bits per heavy atom. The minimum absolute atomic E-state index is 0.0263. The maximum Gasteiger partial charge on any atom is 0.230 e. The van der Waals surface area contributed by atoms with Crippen LogP contribution in [-0.4, -0.2) is 34.8 Å². The van der Waals surface area contributed by atoms with Gasteiger partial charge >= 0.3 is 0 Å². The Morgan fingerprint density at radius 1 is 1.25 bits per heavy atom. The maximum absolute atomic E-state index is 11.3. The average Bonchev–Trinajstić information content (AvgIpc) is 2.59. The van der Waals surface area contributed by atoms with Gasteiger partial charge in [0.1, 0.15) is 0 Å². The summed E-state index contributed by atoms with van der Waals surface area (Å²) in [7, 11) is 0. The van der Waals surface area contributed by atoms with Crippen LogP contribution in [0.2, 0.25) is 0 Å². The van der Waals surface area contributed by atoms with Crippen LogP contribution in [0, 0.1) is 0 Å². The molecule has 16 heavy (non-hydrogen) atoms. The molecule has 1 aromatic carbocycles. The molecule has 1 aliphatic heterocycles. The Morgan fingerprint density at radius 2 is 1.94 bits per heavy atom. The Bertz CT molecular complexity index is 402. The molecule has 84 valence electrons. The zero-order chi connectivity index (χ0) is 11.5. The number of hydrogen-bond acceptors (Lipinski definition) is 3. The van der Waals surface area contributed by atoms with E-state index in [-0.39, 0.29) is 31.2 Å². The van der Waals surface area contributed by atoms with Gasteiger partial charge in [0, 0.05) is 0 Å². The zero-order valence-electron chi connectivity index (χ0n) is 8.80. The van der Waals surface area contributed by atoms with Crippen molar-refractivity contribution in [1.29, 1.82) is 0 Å². The number of carbonyl (C=O) groups is 2. The highest BCUT2D eigenvalue weighted by Crippen LogP contribution is 2.16. The number of likely N-dealkylation sites (tertiary alicyclic amines) is 1. The molecular weight excluding hydrogens is 206 g/mol. The molecule has 0 spiro atoms. The summed E-state index contributed by atoms with van der Waals surface area (Å²) < 4.78 is 0. The van der Waals surface area contributed by atoms with Crippen molar-refractivity contribution in [2.75, 3.05) is 13.1 Å². The highest BCUT2D eigenvalue weighted by atomic mass is 16.3. The third-order valence-corrected chi connectivity index (χ3v) is 2.65. The molecule has 0 unspecified atom stereocenters. The van der Waals surface area contributed by atoms with Gasteiger partial charge in [0.15, 0.2) is 5.78 Å². The van der Waals surface area contributed by atoms with Gasteiger partial charge in [-0.15, -0.1) is 0 Å². The number of benzene rings is 1. The van der Waals surface area contributed by atoms with Crippen LogP contribution in [0.15, 0.2) is 30.3 Å². The molecule has 0 saturated carbocycles. The fourth-order valence-corrected chi connectivity index (χ4v) is 1.79. The van der Waals surface area contributed by atoms with E-state index >= 15 is 0 Å². The molecule has 1 amide bonds. The van der Waals surface area contributed by atoms with Crippen molar-refractivity contribution in [2.24, 2.45) is 0 Å². The van der Waals surface area contributed by atoms with E-state index in [4.69, 9.17) is 0 Å². The van der Waals surface area contributed by atoms with E-state index in [1.54, 1.807) is 12.1 Å². The van der Waals surface area contributed by atoms with Crippen molar-refractivity contribution in [2.45, 2.75) is 12.5 Å². The summed E-state index contributed by atoms with van der Waals surface area (Å²) in [6.07, 6.45) is -0.752. The van der Waals surface area contributed by atoms with Crippen molar-refractivity contribution >= 4 is 11.7 Å². The molecular formula is C12H13NO3. The van der Waals surface area contributed by atoms with Gasteiger partial charge in [0.25, 0.3) is 0 Å². The van der Waals surface area contributed by atoms with Gasteiger partial charge in [0.2, 0.25) is 5.91 Å². The lowest BCUT2D eigenvalue weighted by molar-refractivity contribution is -0.129. The first kappa shape index (κ1) is 10.8. The van der Waals surface area contributed by atoms with Crippen molar-refractivity contribution in [3.05, 3.63) is 35.9 Å². The van der Waals surface area contributed by atoms with Gasteiger partial charge < -0.3 is 10.0 Å². The number of amides is 1. The molecule has 1 saturated heterocycles. The monoisotopic (exact) mass is 219 g/mol. The molecule has 4 nitrogen and oxygen atoms in total. The van der Waals surface area contributed by atoms with Crippen molar-refractivity contribution < 1.29 is 14.7 Å². The number of nitrogens with zero attached hydrogens (tertiary/aromatic N) is 1. The number of aliphatic hydroxyl groups excluding tert-OH is 1. The van der Waals surface area contributed by atoms with Crippen LogP contribution in [-0.2, 0) is 9.59 Å². The molecule has 0 bridgehead atoms. The summed E-state index contributed by atoms with van der Waals surface area (Å²) in [6.45, 7) is 0.317. The lowest BCUT2D eigenvalue weighted by Crippen LogP contribution is -2.30. The van der Waals surface area contributed by atoms with E-state index in [2.05, 4.69) is 0 Å². The lowest BCUT2D eigenvalue weighted by atomic mass is 10.1. The second kappa shape index (κ2) is 4.45. The molecule has 1 aliphatic rings. The van der Waals surface area contributed by atoms with E-state index < -0.39 is 6.10 Å². The van der Waals surface area contributed by atoms with Crippen LogP contribution in [0.5, 0.6) is 0 Å². The third-order valence-electron chi connectivity index (χ3n) is 2.65. The molecule has 1 N–H and O–H groups in total. The van der Waals surface area contributed by atoms with E-state index in [1.165, 1.54) is 4.90 Å². The van der Waals surface area contributed by atoms with Crippen molar-refractivity contribution in [3.63, 3.8) is 0 Å². The Labute approximate surface area is 93.5 Å². The Hall–Kier alpha value is -1.68. The highest BCUT2D eigenvalue weighted by Gasteiger charge is 2.28. The molecule has 1 fully saturated rings. The first-order valence-electron chi connectivity index (χ1n) is 5.19. The number of carbonyl (C=O) groups excluding carboxylic acids is 2. The first-order chi connectivity index (χ1) is 7.66. The normalized spacial score (nSPS) is 17.9. The van der Waals surface area contributed by atoms with Crippen molar-refractivity contribution in [3.8, 4) is 0 Å². The maximum atomic E-state index is 11.3. The lowest BCUT2D eigenvalue weighted by Gasteiger charge is -2.19. The minimum atomic E-state index is -0.726. The van der Waals surface area contributed by atoms with Crippen molar-refractivity contribution in [1.82, 2.24) is 4.90 Å². The first-order valence-corrected chi connectivity index (χ1v) is 5.19. The quantitative estimate of drug-likeness (QED) is 0.754. The Balaban J connectivity index is 2.00. The summed E-state index contributed by atoms with van der Waals surface area (Å²) in [5.41, 5.74) is 0.759. The van der Waals surface area contributed by atoms with Crippen LogP contribution in [0.3, 0.4) is 0 Å². The number of hydrogen-bond donors (Lipinski definition) is 1. The standard InChI is InChI=1S/C12H13NO3/c14-10-6-12(16)13(7-10)8-11(15)9-4-2-1-3-5-9/h1-5,11,15H,6-8H2/t11-/m1/s1. The van der Waals surface area contributed by atoms with Crippen LogP contribution in [0.1, 0.15) is 18.1 Å². The summed E-state index contributed by atoms with van der Waals surface area (Å²) in [5.74, 6) is -0.273. The molecule has 4 heteroatoms. The van der Waals surface area contributed by atoms with Gasteiger partial charge in [-0.25, -0.2) is 0 Å². The van der Waals surface area contributed by atoms with Crippen LogP contribution in [0.4, 0.5) is 0 Å². The fraction of sp³-hybridized carbons (Fsp3) is 0.333. The molecule has 1 aromatic rings. The molecule has 1 atom stereocenters. The smallest absolute Gasteiger partial charge is 0.230 e. The topological polar surface area (TPSA) is 57.6 Å². The summed E-state index contributed by atoms with van der Waals surface area (Å²) >= 11 is 0. The number of rotatable bonds is 3. The van der Waals surface area contributed by atoms with Gasteiger partial charge in [-0.05, 0) is 5.56 Å². The van der Waals surface area contributed by atoms with Crippen LogP contribution in [0.25, 0.3) is 0 Å². The number of ketones is 1. The second-order valence-electron chi connectivity index (χ2n) is 3.92. The number of β-amino-alcohol motifs (C(OH)–C–C–N with tert-alkyl or cyclic N) is 1. The zero-order valence-corrected chi connectivity index (χ0v) is 8.80. The van der Waals surface area contributed by atoms with E-state index in [9.17, 15) is 14.7 Å². The van der Waals surface area contributed by atoms with E-state index in [0.29, 0.717) is 0 Å². The predicted octanol–water partition coefficient (Wildman–Crippen LogP) is 0.521. The SMILES string of the molecule is O=C1CC(=O)N(C[C@@H](O)c2ccccc2)C1. The fourth-order valence-electron chi connectivity index (χ4n) is 1.79.